The molecule has 1 aromatic rings. The summed E-state index contributed by atoms with van der Waals surface area (Å²) in [5.74, 6) is -0.827. The summed E-state index contributed by atoms with van der Waals surface area (Å²) in [5, 5.41) is 9.31. The molecule has 0 saturated carbocycles. The van der Waals surface area contributed by atoms with E-state index in [-0.39, 0.29) is 6.42 Å². The fourth-order valence-electron chi connectivity index (χ4n) is 2.31. The maximum atomic E-state index is 10.4. The third kappa shape index (κ3) is 4.00. The number of carboxylic acid groups (broad SMARTS) is 1. The summed E-state index contributed by atoms with van der Waals surface area (Å²) in [4.78, 5) is 12.7. The highest BCUT2D eigenvalue weighted by atomic mass is 35.5. The van der Waals surface area contributed by atoms with Crippen LogP contribution in [0.15, 0.2) is 24.3 Å². The van der Waals surface area contributed by atoms with Gasteiger partial charge in [-0.25, -0.2) is 0 Å². The normalized spacial score (nSPS) is 15.9. The Morgan fingerprint density at radius 3 is 2.68 bits per heavy atom. The highest BCUT2D eigenvalue weighted by Gasteiger charge is 2.13. The molecule has 0 aliphatic carbocycles. The smallest absolute Gasteiger partial charge is 0.307 e. The molecule has 102 valence electrons. The van der Waals surface area contributed by atoms with Crippen molar-refractivity contribution >= 4 is 29.3 Å². The van der Waals surface area contributed by atoms with Gasteiger partial charge in [0.25, 0.3) is 0 Å². The molecule has 0 radical (unpaired) electrons. The summed E-state index contributed by atoms with van der Waals surface area (Å²) in [7, 11) is 0. The second-order valence-corrected chi connectivity index (χ2v) is 5.17. The highest BCUT2D eigenvalue weighted by molar-refractivity contribution is 6.33. The topological polar surface area (TPSA) is 40.5 Å². The first-order valence-electron chi connectivity index (χ1n) is 6.59. The molecule has 0 unspecified atom stereocenters. The first-order valence-corrected chi connectivity index (χ1v) is 6.97. The number of hydrogen-bond acceptors (Lipinski definition) is 2. The summed E-state index contributed by atoms with van der Waals surface area (Å²) in [6.07, 6.45) is 7.19. The van der Waals surface area contributed by atoms with Crippen LogP contribution in [0.2, 0.25) is 5.02 Å². The van der Waals surface area contributed by atoms with Gasteiger partial charge in [0, 0.05) is 13.1 Å². The monoisotopic (exact) mass is 279 g/mol. The van der Waals surface area contributed by atoms with Crippen molar-refractivity contribution in [3.63, 3.8) is 0 Å². The molecule has 4 heteroatoms. The minimum atomic E-state index is -0.827. The number of benzene rings is 1. The predicted octanol–water partition coefficient (Wildman–Crippen LogP) is 3.82. The molecular formula is C15H18ClNO2. The number of carboxylic acids is 1. The summed E-state index contributed by atoms with van der Waals surface area (Å²) in [6, 6.07) is 5.89. The van der Waals surface area contributed by atoms with Gasteiger partial charge in [0.05, 0.1) is 17.1 Å². The Kier molecular flexibility index (Phi) is 4.86. The van der Waals surface area contributed by atoms with Crippen LogP contribution >= 0.6 is 11.6 Å². The van der Waals surface area contributed by atoms with Crippen molar-refractivity contribution in [2.45, 2.75) is 25.7 Å². The van der Waals surface area contributed by atoms with Crippen LogP contribution in [-0.2, 0) is 4.79 Å². The summed E-state index contributed by atoms with van der Waals surface area (Å²) < 4.78 is 0. The Bertz CT molecular complexity index is 479. The predicted molar refractivity (Wildman–Crippen MR) is 78.8 cm³/mol. The molecule has 1 aromatic carbocycles. The zero-order valence-electron chi connectivity index (χ0n) is 10.8. The molecule has 3 nitrogen and oxygen atoms in total. The zero-order chi connectivity index (χ0) is 13.7. The van der Waals surface area contributed by atoms with Gasteiger partial charge in [0.1, 0.15) is 0 Å². The molecule has 0 spiro atoms. The van der Waals surface area contributed by atoms with Crippen molar-refractivity contribution in [3.05, 3.63) is 34.9 Å². The Hall–Kier alpha value is -1.48. The number of aliphatic carboxylic acids is 1. The number of halogens is 1. The van der Waals surface area contributed by atoms with E-state index in [1.807, 2.05) is 18.2 Å². The van der Waals surface area contributed by atoms with E-state index in [2.05, 4.69) is 4.90 Å². The van der Waals surface area contributed by atoms with Crippen LogP contribution in [0.3, 0.4) is 0 Å². The Labute approximate surface area is 118 Å². The van der Waals surface area contributed by atoms with E-state index < -0.39 is 5.97 Å². The van der Waals surface area contributed by atoms with Crippen LogP contribution in [0, 0.1) is 0 Å². The molecule has 2 rings (SSSR count). The van der Waals surface area contributed by atoms with Crippen LogP contribution in [-0.4, -0.2) is 24.2 Å². The lowest BCUT2D eigenvalue weighted by Crippen LogP contribution is -2.29. The van der Waals surface area contributed by atoms with E-state index in [0.29, 0.717) is 0 Å². The number of carbonyl (C=O) groups is 1. The standard InChI is InChI=1S/C15H18ClNO2/c16-13-11-12(5-4-6-15(18)19)7-8-14(13)17-9-2-1-3-10-17/h4-5,7-8,11H,1-3,6,9-10H2,(H,18,19)/b5-4+. The molecular weight excluding hydrogens is 262 g/mol. The van der Waals surface area contributed by atoms with E-state index in [4.69, 9.17) is 16.7 Å². The van der Waals surface area contributed by atoms with E-state index in [1.54, 1.807) is 12.2 Å². The largest absolute Gasteiger partial charge is 0.481 e. The average molecular weight is 280 g/mol. The van der Waals surface area contributed by atoms with Gasteiger partial charge in [0.2, 0.25) is 0 Å². The number of piperidine rings is 1. The van der Waals surface area contributed by atoms with E-state index in [0.717, 1.165) is 29.4 Å². The molecule has 1 saturated heterocycles. The quantitative estimate of drug-likeness (QED) is 0.911. The van der Waals surface area contributed by atoms with E-state index >= 15 is 0 Å². The average Bonchev–Trinajstić information content (AvgIpc) is 2.39. The lowest BCUT2D eigenvalue weighted by Gasteiger charge is -2.29. The second kappa shape index (κ2) is 6.62. The summed E-state index contributed by atoms with van der Waals surface area (Å²) in [6.45, 7) is 2.13. The van der Waals surface area contributed by atoms with Gasteiger partial charge < -0.3 is 10.0 Å². The fourth-order valence-corrected chi connectivity index (χ4v) is 2.62. The van der Waals surface area contributed by atoms with Gasteiger partial charge in [-0.2, -0.15) is 0 Å². The first kappa shape index (κ1) is 13.9. The number of anilines is 1. The SMILES string of the molecule is O=C(O)C/C=C/c1ccc(N2CCCCC2)c(Cl)c1. The lowest BCUT2D eigenvalue weighted by molar-refractivity contribution is -0.135. The van der Waals surface area contributed by atoms with Crippen LogP contribution < -0.4 is 4.90 Å². The molecule has 1 N–H and O–H groups in total. The Balaban J connectivity index is 2.08. The van der Waals surface area contributed by atoms with Crippen molar-refractivity contribution in [2.75, 3.05) is 18.0 Å². The highest BCUT2D eigenvalue weighted by Crippen LogP contribution is 2.29. The Morgan fingerprint density at radius 2 is 2.05 bits per heavy atom. The van der Waals surface area contributed by atoms with Gasteiger partial charge in [-0.3, -0.25) is 4.79 Å². The molecule has 1 aliphatic heterocycles. The van der Waals surface area contributed by atoms with Crippen molar-refractivity contribution < 1.29 is 9.90 Å². The summed E-state index contributed by atoms with van der Waals surface area (Å²) in [5.41, 5.74) is 2.02. The molecule has 1 fully saturated rings. The Morgan fingerprint density at radius 1 is 1.32 bits per heavy atom. The number of rotatable bonds is 4. The van der Waals surface area contributed by atoms with Crippen molar-refractivity contribution in [3.8, 4) is 0 Å². The van der Waals surface area contributed by atoms with Gasteiger partial charge in [-0.15, -0.1) is 0 Å². The molecule has 0 bridgehead atoms. The number of hydrogen-bond donors (Lipinski definition) is 1. The van der Waals surface area contributed by atoms with Gasteiger partial charge in [-0.1, -0.05) is 29.8 Å². The van der Waals surface area contributed by atoms with Crippen LogP contribution in [0.5, 0.6) is 0 Å². The van der Waals surface area contributed by atoms with Crippen molar-refractivity contribution in [1.29, 1.82) is 0 Å². The maximum absolute atomic E-state index is 10.4. The lowest BCUT2D eigenvalue weighted by atomic mass is 10.1. The van der Waals surface area contributed by atoms with Crippen LogP contribution in [0.25, 0.3) is 6.08 Å². The number of nitrogens with zero attached hydrogens (tertiary/aromatic N) is 1. The molecule has 0 aromatic heterocycles. The fraction of sp³-hybridized carbons (Fsp3) is 0.400. The first-order chi connectivity index (χ1) is 9.16. The third-order valence-corrected chi connectivity index (χ3v) is 3.57. The van der Waals surface area contributed by atoms with E-state index in [1.165, 1.54) is 19.3 Å². The molecule has 0 amide bonds. The minimum absolute atomic E-state index is 0.0332. The van der Waals surface area contributed by atoms with Crippen molar-refractivity contribution in [2.24, 2.45) is 0 Å². The van der Waals surface area contributed by atoms with Gasteiger partial charge in [-0.05, 0) is 37.0 Å². The second-order valence-electron chi connectivity index (χ2n) is 4.76. The maximum Gasteiger partial charge on any atom is 0.307 e. The molecule has 0 atom stereocenters. The van der Waals surface area contributed by atoms with Crippen molar-refractivity contribution in [1.82, 2.24) is 0 Å². The molecule has 1 aliphatic rings. The summed E-state index contributed by atoms with van der Waals surface area (Å²) >= 11 is 6.31. The minimum Gasteiger partial charge on any atom is -0.481 e. The zero-order valence-corrected chi connectivity index (χ0v) is 11.6. The third-order valence-electron chi connectivity index (χ3n) is 3.27. The van der Waals surface area contributed by atoms with Gasteiger partial charge in [0.15, 0.2) is 0 Å². The van der Waals surface area contributed by atoms with Crippen LogP contribution in [0.1, 0.15) is 31.2 Å². The van der Waals surface area contributed by atoms with Crippen LogP contribution in [0.4, 0.5) is 5.69 Å². The molecule has 1 heterocycles. The van der Waals surface area contributed by atoms with Gasteiger partial charge >= 0.3 is 5.97 Å². The molecule has 19 heavy (non-hydrogen) atoms. The van der Waals surface area contributed by atoms with E-state index in [9.17, 15) is 4.79 Å².